The van der Waals surface area contributed by atoms with E-state index in [9.17, 15) is 18.5 Å². The van der Waals surface area contributed by atoms with Crippen LogP contribution in [0.2, 0.25) is 0 Å². The van der Waals surface area contributed by atoms with Gasteiger partial charge in [-0.05, 0) is 19.1 Å². The molecule has 0 unspecified atom stereocenters. The molecular formula is C11H16ClN3O4S. The zero-order valence-electron chi connectivity index (χ0n) is 10.9. The van der Waals surface area contributed by atoms with Crippen LogP contribution in [0.5, 0.6) is 0 Å². The van der Waals surface area contributed by atoms with E-state index in [1.165, 1.54) is 28.6 Å². The minimum Gasteiger partial charge on any atom is -0.312 e. The molecule has 0 amide bonds. The van der Waals surface area contributed by atoms with Crippen molar-refractivity contribution in [3.8, 4) is 0 Å². The third kappa shape index (κ3) is 3.45. The van der Waals surface area contributed by atoms with Crippen LogP contribution in [-0.2, 0) is 10.0 Å². The molecule has 7 nitrogen and oxygen atoms in total. The number of nitro groups is 1. The first-order chi connectivity index (χ1) is 8.91. The Morgan fingerprint density at radius 1 is 1.35 bits per heavy atom. The van der Waals surface area contributed by atoms with Gasteiger partial charge in [-0.2, -0.15) is 4.31 Å². The zero-order valence-corrected chi connectivity index (χ0v) is 12.5. The van der Waals surface area contributed by atoms with E-state index in [0.29, 0.717) is 19.6 Å². The normalized spacial score (nSPS) is 20.1. The molecule has 0 spiro atoms. The van der Waals surface area contributed by atoms with Gasteiger partial charge in [-0.25, -0.2) is 8.42 Å². The van der Waals surface area contributed by atoms with E-state index in [4.69, 9.17) is 0 Å². The number of hydrogen-bond acceptors (Lipinski definition) is 5. The predicted octanol–water partition coefficient (Wildman–Crippen LogP) is 0.999. The monoisotopic (exact) mass is 321 g/mol. The average molecular weight is 322 g/mol. The number of nitrogens with zero attached hydrogens (tertiary/aromatic N) is 2. The molecule has 1 aliphatic rings. The van der Waals surface area contributed by atoms with Gasteiger partial charge in [0.05, 0.1) is 9.82 Å². The summed E-state index contributed by atoms with van der Waals surface area (Å²) >= 11 is 0. The highest BCUT2D eigenvalue weighted by atomic mass is 35.5. The van der Waals surface area contributed by atoms with Crippen molar-refractivity contribution in [1.82, 2.24) is 9.62 Å². The fourth-order valence-corrected chi connectivity index (χ4v) is 3.53. The first-order valence-electron chi connectivity index (χ1n) is 5.89. The molecule has 1 aliphatic heterocycles. The number of halogens is 1. The Bertz CT molecular complexity index is 576. The van der Waals surface area contributed by atoms with Crippen molar-refractivity contribution in [3.63, 3.8) is 0 Å². The van der Waals surface area contributed by atoms with E-state index < -0.39 is 14.9 Å². The Hall–Kier alpha value is -1.22. The summed E-state index contributed by atoms with van der Waals surface area (Å²) in [6.45, 7) is 3.33. The number of non-ortho nitro benzene ring substituents is 1. The first-order valence-corrected chi connectivity index (χ1v) is 7.33. The van der Waals surface area contributed by atoms with Crippen molar-refractivity contribution in [2.24, 2.45) is 0 Å². The van der Waals surface area contributed by atoms with Crippen LogP contribution in [-0.4, -0.2) is 43.3 Å². The molecule has 0 saturated carbocycles. The maximum atomic E-state index is 12.3. The fraction of sp³-hybridized carbons (Fsp3) is 0.455. The summed E-state index contributed by atoms with van der Waals surface area (Å²) in [7, 11) is -3.57. The summed E-state index contributed by atoms with van der Waals surface area (Å²) in [4.78, 5) is 10.1. The van der Waals surface area contributed by atoms with Crippen LogP contribution in [0.3, 0.4) is 0 Å². The molecule has 1 N–H and O–H groups in total. The number of sulfonamides is 1. The Morgan fingerprint density at radius 3 is 2.45 bits per heavy atom. The molecular weight excluding hydrogens is 306 g/mol. The molecule has 112 valence electrons. The Balaban J connectivity index is 0.00000200. The van der Waals surface area contributed by atoms with Gasteiger partial charge in [0, 0.05) is 37.8 Å². The van der Waals surface area contributed by atoms with Gasteiger partial charge < -0.3 is 5.32 Å². The van der Waals surface area contributed by atoms with Crippen molar-refractivity contribution in [1.29, 1.82) is 0 Å². The Morgan fingerprint density at radius 2 is 1.95 bits per heavy atom. The molecule has 0 aromatic heterocycles. The highest BCUT2D eigenvalue weighted by Crippen LogP contribution is 2.20. The van der Waals surface area contributed by atoms with Gasteiger partial charge in [-0.1, -0.05) is 0 Å². The second-order valence-electron chi connectivity index (χ2n) is 4.47. The highest BCUT2D eigenvalue weighted by molar-refractivity contribution is 7.89. The molecule has 2 rings (SSSR count). The van der Waals surface area contributed by atoms with Gasteiger partial charge in [0.15, 0.2) is 0 Å². The second-order valence-corrected chi connectivity index (χ2v) is 6.41. The highest BCUT2D eigenvalue weighted by Gasteiger charge is 2.28. The van der Waals surface area contributed by atoms with Crippen LogP contribution >= 0.6 is 12.4 Å². The molecule has 1 fully saturated rings. The summed E-state index contributed by atoms with van der Waals surface area (Å²) < 4.78 is 26.1. The van der Waals surface area contributed by atoms with Crippen LogP contribution in [0.4, 0.5) is 5.69 Å². The van der Waals surface area contributed by atoms with Crippen LogP contribution in [0, 0.1) is 10.1 Å². The van der Waals surface area contributed by atoms with Gasteiger partial charge in [0.2, 0.25) is 10.0 Å². The van der Waals surface area contributed by atoms with E-state index in [0.717, 1.165) is 0 Å². The summed E-state index contributed by atoms with van der Waals surface area (Å²) in [5.41, 5.74) is -0.118. The largest absolute Gasteiger partial charge is 0.312 e. The van der Waals surface area contributed by atoms with Gasteiger partial charge in [-0.3, -0.25) is 10.1 Å². The standard InChI is InChI=1S/C11H15N3O4S.ClH/c1-9-8-13(7-6-12-9)19(17,18)11-4-2-10(3-5-11)14(15)16;/h2-5,9,12H,6-8H2,1H3;1H/t9-;/m0./s1. The Labute approximate surface area is 123 Å². The van der Waals surface area contributed by atoms with Crippen molar-refractivity contribution in [2.45, 2.75) is 17.9 Å². The van der Waals surface area contributed by atoms with Gasteiger partial charge in [0.25, 0.3) is 5.69 Å². The van der Waals surface area contributed by atoms with Crippen LogP contribution in [0.1, 0.15) is 6.92 Å². The summed E-state index contributed by atoms with van der Waals surface area (Å²) in [6, 6.07) is 5.07. The SMILES string of the molecule is C[C@H]1CN(S(=O)(=O)c2ccc([N+](=O)[O-])cc2)CCN1.Cl. The molecule has 1 atom stereocenters. The number of nitrogens with one attached hydrogen (secondary N) is 1. The van der Waals surface area contributed by atoms with Crippen LogP contribution in [0.15, 0.2) is 29.2 Å². The molecule has 9 heteroatoms. The molecule has 0 aliphatic carbocycles. The number of rotatable bonds is 3. The second kappa shape index (κ2) is 6.49. The molecule has 1 saturated heterocycles. The number of benzene rings is 1. The third-order valence-corrected chi connectivity index (χ3v) is 4.90. The maximum absolute atomic E-state index is 12.3. The molecule has 0 radical (unpaired) electrons. The summed E-state index contributed by atoms with van der Waals surface area (Å²) in [5, 5.41) is 13.7. The van der Waals surface area contributed by atoms with Crippen molar-refractivity contribution >= 4 is 28.1 Å². The number of nitro benzene ring substituents is 1. The minimum atomic E-state index is -3.57. The van der Waals surface area contributed by atoms with Crippen LogP contribution < -0.4 is 5.32 Å². The van der Waals surface area contributed by atoms with Crippen LogP contribution in [0.25, 0.3) is 0 Å². The van der Waals surface area contributed by atoms with Gasteiger partial charge in [0.1, 0.15) is 0 Å². The molecule has 20 heavy (non-hydrogen) atoms. The van der Waals surface area contributed by atoms with E-state index in [2.05, 4.69) is 5.32 Å². The molecule has 1 heterocycles. The minimum absolute atomic E-state index is 0. The topological polar surface area (TPSA) is 92.5 Å². The first kappa shape index (κ1) is 16.8. The predicted molar refractivity (Wildman–Crippen MR) is 76.6 cm³/mol. The number of hydrogen-bond donors (Lipinski definition) is 1. The Kier molecular flexibility index (Phi) is 5.46. The summed E-state index contributed by atoms with van der Waals surface area (Å²) in [5.74, 6) is 0. The lowest BCUT2D eigenvalue weighted by Gasteiger charge is -2.30. The third-order valence-electron chi connectivity index (χ3n) is 3.02. The lowest BCUT2D eigenvalue weighted by molar-refractivity contribution is -0.384. The van der Waals surface area contributed by atoms with E-state index in [1.807, 2.05) is 6.92 Å². The van der Waals surface area contributed by atoms with E-state index >= 15 is 0 Å². The lowest BCUT2D eigenvalue weighted by atomic mass is 10.3. The zero-order chi connectivity index (χ0) is 14.0. The smallest absolute Gasteiger partial charge is 0.269 e. The average Bonchev–Trinajstić information content (AvgIpc) is 2.39. The molecule has 1 aromatic carbocycles. The molecule has 1 aromatic rings. The summed E-state index contributed by atoms with van der Waals surface area (Å²) in [6.07, 6.45) is 0. The van der Waals surface area contributed by atoms with Gasteiger partial charge >= 0.3 is 0 Å². The van der Waals surface area contributed by atoms with E-state index in [-0.39, 0.29) is 29.0 Å². The molecule has 0 bridgehead atoms. The van der Waals surface area contributed by atoms with Gasteiger partial charge in [-0.15, -0.1) is 12.4 Å². The quantitative estimate of drug-likeness (QED) is 0.662. The number of piperazine rings is 1. The maximum Gasteiger partial charge on any atom is 0.269 e. The van der Waals surface area contributed by atoms with E-state index in [1.54, 1.807) is 0 Å². The van der Waals surface area contributed by atoms with Crippen molar-refractivity contribution < 1.29 is 13.3 Å². The lowest BCUT2D eigenvalue weighted by Crippen LogP contribution is -2.51. The van der Waals surface area contributed by atoms with Crippen molar-refractivity contribution in [3.05, 3.63) is 34.4 Å². The van der Waals surface area contributed by atoms with Crippen molar-refractivity contribution in [2.75, 3.05) is 19.6 Å². The fourth-order valence-electron chi connectivity index (χ4n) is 2.00.